The van der Waals surface area contributed by atoms with Crippen molar-refractivity contribution in [1.29, 1.82) is 0 Å². The molecule has 1 saturated carbocycles. The van der Waals surface area contributed by atoms with Gasteiger partial charge in [-0.1, -0.05) is 37.1 Å². The molecule has 1 aromatic rings. The lowest BCUT2D eigenvalue weighted by Gasteiger charge is -2.30. The molecule has 2 nitrogen and oxygen atoms in total. The molecule has 0 amide bonds. The van der Waals surface area contributed by atoms with Crippen LogP contribution in [0.3, 0.4) is 0 Å². The van der Waals surface area contributed by atoms with Crippen LogP contribution < -0.4 is 5.32 Å². The standard InChI is InChI=1S/C15H18ClNO/c16-15-12-8-4-3-7-11(12)9-13(17-15)14(18)10-5-1-2-6-10/h3-4,7-8,10,13,15,17H,1-2,5-6,9H2. The first-order valence-corrected chi connectivity index (χ1v) is 7.21. The van der Waals surface area contributed by atoms with E-state index in [0.29, 0.717) is 5.78 Å². The lowest BCUT2D eigenvalue weighted by atomic mass is 9.88. The Labute approximate surface area is 113 Å². The molecule has 1 aliphatic carbocycles. The zero-order valence-corrected chi connectivity index (χ0v) is 11.1. The van der Waals surface area contributed by atoms with Crippen LogP contribution in [0.5, 0.6) is 0 Å². The highest BCUT2D eigenvalue weighted by atomic mass is 35.5. The summed E-state index contributed by atoms with van der Waals surface area (Å²) in [7, 11) is 0. The van der Waals surface area contributed by atoms with Gasteiger partial charge in [-0.2, -0.15) is 0 Å². The van der Waals surface area contributed by atoms with Crippen LogP contribution in [0, 0.1) is 5.92 Å². The molecule has 0 spiro atoms. The fraction of sp³-hybridized carbons (Fsp3) is 0.533. The monoisotopic (exact) mass is 263 g/mol. The lowest BCUT2D eigenvalue weighted by molar-refractivity contribution is -0.125. The first kappa shape index (κ1) is 12.2. The number of hydrogen-bond donors (Lipinski definition) is 1. The van der Waals surface area contributed by atoms with Crippen LogP contribution in [0.25, 0.3) is 0 Å². The Morgan fingerprint density at radius 1 is 1.22 bits per heavy atom. The molecule has 1 aliphatic heterocycles. The van der Waals surface area contributed by atoms with Gasteiger partial charge in [0.05, 0.1) is 6.04 Å². The topological polar surface area (TPSA) is 29.1 Å². The Morgan fingerprint density at radius 2 is 1.94 bits per heavy atom. The minimum Gasteiger partial charge on any atom is -0.298 e. The Kier molecular flexibility index (Phi) is 3.40. The van der Waals surface area contributed by atoms with E-state index in [1.54, 1.807) is 0 Å². The number of halogens is 1. The number of benzene rings is 1. The minimum atomic E-state index is -0.231. The summed E-state index contributed by atoms with van der Waals surface area (Å²) < 4.78 is 0. The maximum atomic E-state index is 12.4. The first-order chi connectivity index (χ1) is 8.75. The smallest absolute Gasteiger partial charge is 0.153 e. The van der Waals surface area contributed by atoms with Crippen molar-refractivity contribution in [2.45, 2.75) is 43.6 Å². The molecule has 18 heavy (non-hydrogen) atoms. The molecule has 1 aromatic carbocycles. The van der Waals surface area contributed by atoms with E-state index in [1.807, 2.05) is 18.2 Å². The number of Topliss-reactive ketones (excluding diaryl/α,β-unsaturated/α-hetero) is 1. The average Bonchev–Trinajstić information content (AvgIpc) is 2.91. The molecule has 0 radical (unpaired) electrons. The van der Waals surface area contributed by atoms with E-state index in [-0.39, 0.29) is 17.5 Å². The Bertz CT molecular complexity index is 454. The number of ketones is 1. The number of carbonyl (C=O) groups excluding carboxylic acids is 1. The fourth-order valence-electron chi connectivity index (χ4n) is 3.19. The van der Waals surface area contributed by atoms with Crippen LogP contribution in [-0.4, -0.2) is 11.8 Å². The normalized spacial score (nSPS) is 28.1. The number of alkyl halides is 1. The number of nitrogens with one attached hydrogen (secondary N) is 1. The second kappa shape index (κ2) is 5.02. The van der Waals surface area contributed by atoms with E-state index in [0.717, 1.165) is 24.8 Å². The predicted octanol–water partition coefficient (Wildman–Crippen LogP) is 3.20. The van der Waals surface area contributed by atoms with Gasteiger partial charge in [0.25, 0.3) is 0 Å². The van der Waals surface area contributed by atoms with Gasteiger partial charge in [0.1, 0.15) is 5.50 Å². The molecule has 3 heteroatoms. The number of hydrogen-bond acceptors (Lipinski definition) is 2. The van der Waals surface area contributed by atoms with E-state index in [4.69, 9.17) is 11.6 Å². The summed E-state index contributed by atoms with van der Waals surface area (Å²) in [5.41, 5.74) is 2.10. The number of carbonyl (C=O) groups is 1. The summed E-state index contributed by atoms with van der Waals surface area (Å²) in [4.78, 5) is 12.4. The molecule has 1 fully saturated rings. The van der Waals surface area contributed by atoms with Gasteiger partial charge in [-0.3, -0.25) is 10.1 Å². The Morgan fingerprint density at radius 3 is 2.72 bits per heavy atom. The molecular formula is C15H18ClNO. The van der Waals surface area contributed by atoms with Crippen molar-refractivity contribution in [2.75, 3.05) is 0 Å². The Hall–Kier alpha value is -0.860. The predicted molar refractivity (Wildman–Crippen MR) is 72.6 cm³/mol. The molecule has 0 bridgehead atoms. The summed E-state index contributed by atoms with van der Waals surface area (Å²) >= 11 is 6.33. The Balaban J connectivity index is 1.79. The molecule has 3 rings (SSSR count). The van der Waals surface area contributed by atoms with Crippen LogP contribution in [-0.2, 0) is 11.2 Å². The van der Waals surface area contributed by atoms with Crippen LogP contribution >= 0.6 is 11.6 Å². The van der Waals surface area contributed by atoms with Crippen LogP contribution in [0.4, 0.5) is 0 Å². The molecule has 1 N–H and O–H groups in total. The third-order valence-electron chi connectivity index (χ3n) is 4.20. The maximum absolute atomic E-state index is 12.4. The third kappa shape index (κ3) is 2.19. The number of fused-ring (bicyclic) bond motifs is 1. The maximum Gasteiger partial charge on any atom is 0.153 e. The third-order valence-corrected chi connectivity index (χ3v) is 4.56. The van der Waals surface area contributed by atoms with Gasteiger partial charge in [-0.15, -0.1) is 11.6 Å². The van der Waals surface area contributed by atoms with Crippen molar-refractivity contribution in [1.82, 2.24) is 5.32 Å². The quantitative estimate of drug-likeness (QED) is 0.656. The van der Waals surface area contributed by atoms with Gasteiger partial charge >= 0.3 is 0 Å². The zero-order chi connectivity index (χ0) is 12.5. The van der Waals surface area contributed by atoms with E-state index in [2.05, 4.69) is 11.4 Å². The van der Waals surface area contributed by atoms with E-state index in [1.165, 1.54) is 18.4 Å². The summed E-state index contributed by atoms with van der Waals surface area (Å²) in [6, 6.07) is 8.04. The van der Waals surface area contributed by atoms with Gasteiger partial charge in [0.15, 0.2) is 5.78 Å². The van der Waals surface area contributed by atoms with Crippen molar-refractivity contribution >= 4 is 17.4 Å². The number of rotatable bonds is 2. The summed E-state index contributed by atoms with van der Waals surface area (Å²) in [6.07, 6.45) is 5.31. The van der Waals surface area contributed by atoms with Gasteiger partial charge in [0, 0.05) is 5.92 Å². The average molecular weight is 264 g/mol. The highest BCUT2D eigenvalue weighted by molar-refractivity contribution is 6.21. The highest BCUT2D eigenvalue weighted by Crippen LogP contribution is 2.32. The van der Waals surface area contributed by atoms with Gasteiger partial charge in [0.2, 0.25) is 0 Å². The van der Waals surface area contributed by atoms with Crippen LogP contribution in [0.1, 0.15) is 42.3 Å². The fourth-order valence-corrected chi connectivity index (χ4v) is 3.56. The van der Waals surface area contributed by atoms with Gasteiger partial charge in [-0.25, -0.2) is 0 Å². The summed E-state index contributed by atoms with van der Waals surface area (Å²) in [6.45, 7) is 0. The van der Waals surface area contributed by atoms with Crippen molar-refractivity contribution in [3.63, 3.8) is 0 Å². The molecule has 2 aliphatic rings. The largest absolute Gasteiger partial charge is 0.298 e. The molecular weight excluding hydrogens is 246 g/mol. The van der Waals surface area contributed by atoms with Gasteiger partial charge in [-0.05, 0) is 30.4 Å². The SMILES string of the molecule is O=C(C1CCCC1)C1Cc2ccccc2C(Cl)N1. The van der Waals surface area contributed by atoms with Crippen molar-refractivity contribution in [3.8, 4) is 0 Å². The van der Waals surface area contributed by atoms with Crippen molar-refractivity contribution in [3.05, 3.63) is 35.4 Å². The lowest BCUT2D eigenvalue weighted by Crippen LogP contribution is -2.45. The molecule has 2 atom stereocenters. The molecule has 1 heterocycles. The second-order valence-corrected chi connectivity index (χ2v) is 5.80. The van der Waals surface area contributed by atoms with E-state index < -0.39 is 0 Å². The van der Waals surface area contributed by atoms with Gasteiger partial charge < -0.3 is 0 Å². The molecule has 0 aromatic heterocycles. The summed E-state index contributed by atoms with van der Waals surface area (Å²) in [5.74, 6) is 0.629. The second-order valence-electron chi connectivity index (χ2n) is 5.37. The zero-order valence-electron chi connectivity index (χ0n) is 10.4. The van der Waals surface area contributed by atoms with Crippen LogP contribution in [0.15, 0.2) is 24.3 Å². The minimum absolute atomic E-state index is 0.0921. The highest BCUT2D eigenvalue weighted by Gasteiger charge is 2.33. The van der Waals surface area contributed by atoms with Crippen LogP contribution in [0.2, 0.25) is 0 Å². The van der Waals surface area contributed by atoms with E-state index >= 15 is 0 Å². The first-order valence-electron chi connectivity index (χ1n) is 6.77. The van der Waals surface area contributed by atoms with Crippen molar-refractivity contribution < 1.29 is 4.79 Å². The molecule has 2 unspecified atom stereocenters. The van der Waals surface area contributed by atoms with E-state index in [9.17, 15) is 4.79 Å². The molecule has 96 valence electrons. The summed E-state index contributed by atoms with van der Waals surface area (Å²) in [5, 5.41) is 3.27. The van der Waals surface area contributed by atoms with Crippen molar-refractivity contribution in [2.24, 2.45) is 5.92 Å². The molecule has 0 saturated heterocycles.